The van der Waals surface area contributed by atoms with Crippen LogP contribution in [0.3, 0.4) is 0 Å². The molecule has 1 unspecified atom stereocenters. The molecule has 0 radical (unpaired) electrons. The highest BCUT2D eigenvalue weighted by Gasteiger charge is 2.39. The van der Waals surface area contributed by atoms with Crippen LogP contribution in [0, 0.1) is 5.92 Å². The zero-order valence-electron chi connectivity index (χ0n) is 18.6. The number of anilines is 3. The minimum atomic E-state index is -3.50. The van der Waals surface area contributed by atoms with Crippen LogP contribution in [0.4, 0.5) is 17.1 Å². The van der Waals surface area contributed by atoms with Crippen LogP contribution in [-0.2, 0) is 19.6 Å². The predicted molar refractivity (Wildman–Crippen MR) is 125 cm³/mol. The van der Waals surface area contributed by atoms with Gasteiger partial charge in [0.05, 0.1) is 36.5 Å². The maximum absolute atomic E-state index is 13.0. The molecule has 2 aliphatic rings. The first-order chi connectivity index (χ1) is 15.1. The normalized spacial score (nSPS) is 18.2. The maximum Gasteiger partial charge on any atom is 0.230 e. The molecule has 0 bridgehead atoms. The molecule has 2 aromatic rings. The molecule has 32 heavy (non-hydrogen) atoms. The summed E-state index contributed by atoms with van der Waals surface area (Å²) in [7, 11) is -2.02. The molecular formula is C23H27N3O5S. The van der Waals surface area contributed by atoms with Crippen molar-refractivity contribution in [3.63, 3.8) is 0 Å². The number of methoxy groups -OCH3 is 1. The van der Waals surface area contributed by atoms with Crippen molar-refractivity contribution in [2.75, 3.05) is 34.4 Å². The summed E-state index contributed by atoms with van der Waals surface area (Å²) in [5, 5.41) is 0. The number of nitrogens with zero attached hydrogens (tertiary/aromatic N) is 2. The van der Waals surface area contributed by atoms with E-state index in [2.05, 4.69) is 4.72 Å². The Morgan fingerprint density at radius 2 is 1.72 bits per heavy atom. The van der Waals surface area contributed by atoms with E-state index in [-0.39, 0.29) is 23.8 Å². The number of carbonyl (C=O) groups is 2. The summed E-state index contributed by atoms with van der Waals surface area (Å²) in [6.07, 6.45) is 2.87. The molecule has 1 heterocycles. The van der Waals surface area contributed by atoms with E-state index in [9.17, 15) is 18.0 Å². The topological polar surface area (TPSA) is 96.0 Å². The molecule has 170 valence electrons. The average Bonchev–Trinajstić information content (AvgIpc) is 3.56. The van der Waals surface area contributed by atoms with Crippen molar-refractivity contribution in [1.29, 1.82) is 0 Å². The molecule has 8 nitrogen and oxygen atoms in total. The van der Waals surface area contributed by atoms with Gasteiger partial charge in [0.1, 0.15) is 5.75 Å². The number of fused-ring (bicyclic) bond motifs is 1. The van der Waals surface area contributed by atoms with E-state index in [1.165, 1.54) is 14.0 Å². The second kappa shape index (κ2) is 8.12. The van der Waals surface area contributed by atoms with Crippen molar-refractivity contribution >= 4 is 38.9 Å². The lowest BCUT2D eigenvalue weighted by atomic mass is 9.99. The average molecular weight is 458 g/mol. The fourth-order valence-corrected chi connectivity index (χ4v) is 4.77. The highest BCUT2D eigenvalue weighted by molar-refractivity contribution is 7.92. The van der Waals surface area contributed by atoms with E-state index in [0.717, 1.165) is 30.2 Å². The molecule has 0 spiro atoms. The van der Waals surface area contributed by atoms with Gasteiger partial charge in [0.25, 0.3) is 0 Å². The smallest absolute Gasteiger partial charge is 0.230 e. The van der Waals surface area contributed by atoms with E-state index in [1.54, 1.807) is 21.9 Å². The lowest BCUT2D eigenvalue weighted by Crippen LogP contribution is -2.51. The molecule has 0 aromatic heterocycles. The fraction of sp³-hybridized carbons (Fsp3) is 0.391. The Hall–Kier alpha value is -3.07. The van der Waals surface area contributed by atoms with E-state index in [1.807, 2.05) is 31.2 Å². The van der Waals surface area contributed by atoms with Crippen LogP contribution in [0.2, 0.25) is 0 Å². The van der Waals surface area contributed by atoms with Gasteiger partial charge >= 0.3 is 0 Å². The molecule has 0 saturated heterocycles. The molecule has 1 aliphatic heterocycles. The Bertz CT molecular complexity index is 1190. The number of hydrogen-bond acceptors (Lipinski definition) is 5. The molecule has 1 N–H and O–H groups in total. The summed E-state index contributed by atoms with van der Waals surface area (Å²) in [6.45, 7) is 3.91. The Morgan fingerprint density at radius 1 is 1.06 bits per heavy atom. The number of carbonyl (C=O) groups excluding carboxylic acids is 2. The SMILES string of the molecule is COc1ccc(-c2ccc3c(c2)N(C(=O)C2CC2)CC(C)N3C(C)=O)cc1NS(C)(=O)=O. The van der Waals surface area contributed by atoms with Gasteiger partial charge in [0.15, 0.2) is 0 Å². The van der Waals surface area contributed by atoms with Crippen molar-refractivity contribution in [3.8, 4) is 16.9 Å². The summed E-state index contributed by atoms with van der Waals surface area (Å²) < 4.78 is 31.3. The van der Waals surface area contributed by atoms with Gasteiger partial charge in [-0.2, -0.15) is 0 Å². The minimum absolute atomic E-state index is 0.0501. The third-order valence-corrected chi connectivity index (χ3v) is 6.36. The Morgan fingerprint density at radius 3 is 2.31 bits per heavy atom. The molecule has 1 atom stereocenters. The molecular weight excluding hydrogens is 430 g/mol. The first-order valence-corrected chi connectivity index (χ1v) is 12.4. The predicted octanol–water partition coefficient (Wildman–Crippen LogP) is 3.23. The first kappa shape index (κ1) is 22.1. The van der Waals surface area contributed by atoms with Gasteiger partial charge in [0, 0.05) is 19.4 Å². The van der Waals surface area contributed by atoms with Gasteiger partial charge in [-0.05, 0) is 55.2 Å². The van der Waals surface area contributed by atoms with Gasteiger partial charge in [-0.25, -0.2) is 8.42 Å². The van der Waals surface area contributed by atoms with Crippen LogP contribution >= 0.6 is 0 Å². The van der Waals surface area contributed by atoms with Gasteiger partial charge in [0.2, 0.25) is 21.8 Å². The number of ether oxygens (including phenoxy) is 1. The van der Waals surface area contributed by atoms with E-state index in [0.29, 0.717) is 29.4 Å². The van der Waals surface area contributed by atoms with E-state index < -0.39 is 10.0 Å². The van der Waals surface area contributed by atoms with Crippen molar-refractivity contribution in [2.45, 2.75) is 32.7 Å². The molecule has 4 rings (SSSR count). The van der Waals surface area contributed by atoms with Gasteiger partial charge in [-0.1, -0.05) is 12.1 Å². The molecule has 1 fully saturated rings. The van der Waals surface area contributed by atoms with E-state index in [4.69, 9.17) is 4.74 Å². The third kappa shape index (κ3) is 4.29. The summed E-state index contributed by atoms with van der Waals surface area (Å²) >= 11 is 0. The zero-order valence-corrected chi connectivity index (χ0v) is 19.4. The minimum Gasteiger partial charge on any atom is -0.495 e. The monoisotopic (exact) mass is 457 g/mol. The number of rotatable bonds is 5. The standard InChI is InChI=1S/C23H27N3O5S/c1-14-13-25(23(28)16-5-6-16)21-12-18(7-9-20(21)26(14)15(2)27)17-8-10-22(31-3)19(11-17)24-32(4,29)30/h7-12,14,16,24H,5-6,13H2,1-4H3. The highest BCUT2D eigenvalue weighted by Crippen LogP contribution is 2.42. The summed E-state index contributed by atoms with van der Waals surface area (Å²) in [5.41, 5.74) is 3.29. The Labute approximate surface area is 188 Å². The van der Waals surface area contributed by atoms with Crippen molar-refractivity contribution in [1.82, 2.24) is 0 Å². The lowest BCUT2D eigenvalue weighted by Gasteiger charge is -2.41. The Balaban J connectivity index is 1.81. The van der Waals surface area contributed by atoms with Crippen LogP contribution in [0.5, 0.6) is 5.75 Å². The molecule has 9 heteroatoms. The zero-order chi connectivity index (χ0) is 23.2. The number of hydrogen-bond donors (Lipinski definition) is 1. The van der Waals surface area contributed by atoms with Crippen LogP contribution in [0.1, 0.15) is 26.7 Å². The molecule has 1 saturated carbocycles. The van der Waals surface area contributed by atoms with Gasteiger partial charge < -0.3 is 14.5 Å². The van der Waals surface area contributed by atoms with Crippen molar-refractivity contribution in [2.24, 2.45) is 5.92 Å². The summed E-state index contributed by atoms with van der Waals surface area (Å²) in [4.78, 5) is 28.9. The molecule has 1 aliphatic carbocycles. The van der Waals surface area contributed by atoms with Crippen LogP contribution in [0.15, 0.2) is 36.4 Å². The summed E-state index contributed by atoms with van der Waals surface area (Å²) in [5.74, 6) is 0.468. The lowest BCUT2D eigenvalue weighted by molar-refractivity contribution is -0.120. The summed E-state index contributed by atoms with van der Waals surface area (Å²) in [6, 6.07) is 10.7. The van der Waals surface area contributed by atoms with Crippen molar-refractivity contribution < 1.29 is 22.7 Å². The maximum atomic E-state index is 13.0. The van der Waals surface area contributed by atoms with Crippen LogP contribution in [-0.4, -0.2) is 46.2 Å². The first-order valence-electron chi connectivity index (χ1n) is 10.5. The van der Waals surface area contributed by atoms with E-state index >= 15 is 0 Å². The highest BCUT2D eigenvalue weighted by atomic mass is 32.2. The van der Waals surface area contributed by atoms with Gasteiger partial charge in [-0.15, -0.1) is 0 Å². The largest absolute Gasteiger partial charge is 0.495 e. The number of sulfonamides is 1. The molecule has 2 amide bonds. The second-order valence-electron chi connectivity index (χ2n) is 8.45. The number of nitrogens with one attached hydrogen (secondary N) is 1. The van der Waals surface area contributed by atoms with Crippen molar-refractivity contribution in [3.05, 3.63) is 36.4 Å². The fourth-order valence-electron chi connectivity index (χ4n) is 4.21. The quantitative estimate of drug-likeness (QED) is 0.744. The van der Waals surface area contributed by atoms with Crippen LogP contribution < -0.4 is 19.3 Å². The van der Waals surface area contributed by atoms with Gasteiger partial charge in [-0.3, -0.25) is 14.3 Å². The Kier molecular flexibility index (Phi) is 5.62. The molecule has 2 aromatic carbocycles. The second-order valence-corrected chi connectivity index (χ2v) is 10.2. The van der Waals surface area contributed by atoms with Crippen LogP contribution in [0.25, 0.3) is 11.1 Å². The number of benzene rings is 2. The number of amides is 2. The third-order valence-electron chi connectivity index (χ3n) is 5.77.